The quantitative estimate of drug-likeness (QED) is 0.846. The van der Waals surface area contributed by atoms with Crippen molar-refractivity contribution < 1.29 is 27.8 Å². The molecule has 2 rings (SSSR count). The van der Waals surface area contributed by atoms with Crippen LogP contribution in [0.15, 0.2) is 18.2 Å². The van der Waals surface area contributed by atoms with Gasteiger partial charge in [-0.05, 0) is 36.5 Å². The van der Waals surface area contributed by atoms with Gasteiger partial charge in [-0.2, -0.15) is 13.2 Å². The Labute approximate surface area is 119 Å². The zero-order chi connectivity index (χ0) is 15.5. The van der Waals surface area contributed by atoms with Gasteiger partial charge < -0.3 is 15.2 Å². The molecule has 1 saturated carbocycles. The van der Waals surface area contributed by atoms with Gasteiger partial charge in [0.15, 0.2) is 6.61 Å². The third-order valence-corrected chi connectivity index (χ3v) is 3.18. The lowest BCUT2D eigenvalue weighted by atomic mass is 10.1. The molecule has 116 valence electrons. The molecule has 0 radical (unpaired) electrons. The number of nitrogens with one attached hydrogen (secondary N) is 1. The van der Waals surface area contributed by atoms with Crippen LogP contribution in [-0.4, -0.2) is 24.2 Å². The standard InChI is InChI=1S/C14H16F3NO3/c15-14(16,17)11-5-10(7-19)3-4-12(11)21-8-13(20)18-6-9-1-2-9/h3-5,9,19H,1-2,6-8H2,(H,18,20). The summed E-state index contributed by atoms with van der Waals surface area (Å²) in [6.45, 7) is -0.419. The van der Waals surface area contributed by atoms with Gasteiger partial charge in [0.2, 0.25) is 0 Å². The van der Waals surface area contributed by atoms with E-state index in [0.29, 0.717) is 12.5 Å². The number of ether oxygens (including phenoxy) is 1. The molecule has 0 saturated heterocycles. The highest BCUT2D eigenvalue weighted by Gasteiger charge is 2.34. The van der Waals surface area contributed by atoms with E-state index in [-0.39, 0.29) is 5.56 Å². The maximum Gasteiger partial charge on any atom is 0.419 e. The lowest BCUT2D eigenvalue weighted by Gasteiger charge is -2.15. The first kappa shape index (κ1) is 15.6. The van der Waals surface area contributed by atoms with Crippen LogP contribution in [0.3, 0.4) is 0 Å². The number of carbonyl (C=O) groups excluding carboxylic acids is 1. The molecule has 1 aliphatic carbocycles. The highest BCUT2D eigenvalue weighted by molar-refractivity contribution is 5.77. The summed E-state index contributed by atoms with van der Waals surface area (Å²) in [4.78, 5) is 11.5. The number of alkyl halides is 3. The normalized spacial score (nSPS) is 14.9. The summed E-state index contributed by atoms with van der Waals surface area (Å²) < 4.78 is 43.6. The molecule has 0 atom stereocenters. The van der Waals surface area contributed by atoms with Crippen LogP contribution >= 0.6 is 0 Å². The van der Waals surface area contributed by atoms with E-state index in [0.717, 1.165) is 25.0 Å². The van der Waals surface area contributed by atoms with E-state index in [1.165, 1.54) is 6.07 Å². The summed E-state index contributed by atoms with van der Waals surface area (Å²) in [5.74, 6) is -0.369. The smallest absolute Gasteiger partial charge is 0.419 e. The van der Waals surface area contributed by atoms with Gasteiger partial charge in [-0.25, -0.2) is 0 Å². The molecule has 2 N–H and O–H groups in total. The maximum absolute atomic E-state index is 12.9. The van der Waals surface area contributed by atoms with Crippen molar-refractivity contribution in [2.75, 3.05) is 13.2 Å². The van der Waals surface area contributed by atoms with Gasteiger partial charge in [-0.1, -0.05) is 6.07 Å². The number of aliphatic hydroxyl groups excluding tert-OH is 1. The van der Waals surface area contributed by atoms with E-state index >= 15 is 0 Å². The number of aliphatic hydroxyl groups is 1. The Morgan fingerprint density at radius 3 is 2.67 bits per heavy atom. The summed E-state index contributed by atoms with van der Waals surface area (Å²) in [6.07, 6.45) is -2.46. The van der Waals surface area contributed by atoms with Crippen molar-refractivity contribution in [1.82, 2.24) is 5.32 Å². The molecule has 1 aromatic rings. The monoisotopic (exact) mass is 303 g/mol. The molecule has 0 heterocycles. The fourth-order valence-corrected chi connectivity index (χ4v) is 1.80. The van der Waals surface area contributed by atoms with E-state index in [2.05, 4.69) is 5.32 Å². The summed E-state index contributed by atoms with van der Waals surface area (Å²) in [5.41, 5.74) is -0.864. The molecule has 1 amide bonds. The molecular weight excluding hydrogens is 287 g/mol. The molecule has 7 heteroatoms. The number of amides is 1. The van der Waals surface area contributed by atoms with Crippen molar-refractivity contribution in [1.29, 1.82) is 0 Å². The summed E-state index contributed by atoms with van der Waals surface area (Å²) in [6, 6.07) is 3.26. The van der Waals surface area contributed by atoms with E-state index in [1.807, 2.05) is 0 Å². The molecule has 1 fully saturated rings. The van der Waals surface area contributed by atoms with Crippen molar-refractivity contribution in [2.45, 2.75) is 25.6 Å². The third kappa shape index (κ3) is 4.63. The molecule has 0 bridgehead atoms. The lowest BCUT2D eigenvalue weighted by molar-refractivity contribution is -0.139. The number of rotatable bonds is 6. The number of hydrogen-bond donors (Lipinski definition) is 2. The van der Waals surface area contributed by atoms with Gasteiger partial charge in [-0.15, -0.1) is 0 Å². The van der Waals surface area contributed by atoms with Gasteiger partial charge in [-0.3, -0.25) is 4.79 Å². The van der Waals surface area contributed by atoms with E-state index in [1.54, 1.807) is 0 Å². The lowest BCUT2D eigenvalue weighted by Crippen LogP contribution is -2.30. The highest BCUT2D eigenvalue weighted by Crippen LogP contribution is 2.36. The number of hydrogen-bond acceptors (Lipinski definition) is 3. The van der Waals surface area contributed by atoms with Crippen molar-refractivity contribution in [3.63, 3.8) is 0 Å². The molecule has 0 aliphatic heterocycles. The van der Waals surface area contributed by atoms with Gasteiger partial charge in [0.05, 0.1) is 12.2 Å². The van der Waals surface area contributed by atoms with E-state index in [4.69, 9.17) is 9.84 Å². The average Bonchev–Trinajstić information content (AvgIpc) is 3.26. The predicted octanol–water partition coefficient (Wildman–Crippen LogP) is 2.10. The molecule has 4 nitrogen and oxygen atoms in total. The topological polar surface area (TPSA) is 58.6 Å². The molecule has 1 aliphatic rings. The van der Waals surface area contributed by atoms with Crippen molar-refractivity contribution in [3.8, 4) is 5.75 Å². The highest BCUT2D eigenvalue weighted by atomic mass is 19.4. The second-order valence-corrected chi connectivity index (χ2v) is 5.02. The van der Waals surface area contributed by atoms with Gasteiger partial charge in [0.25, 0.3) is 5.91 Å². The fraction of sp³-hybridized carbons (Fsp3) is 0.500. The van der Waals surface area contributed by atoms with Crippen LogP contribution in [0.2, 0.25) is 0 Å². The zero-order valence-electron chi connectivity index (χ0n) is 11.2. The largest absolute Gasteiger partial charge is 0.483 e. The van der Waals surface area contributed by atoms with E-state index < -0.39 is 36.6 Å². The van der Waals surface area contributed by atoms with Crippen LogP contribution < -0.4 is 10.1 Å². The number of halogens is 3. The van der Waals surface area contributed by atoms with Gasteiger partial charge >= 0.3 is 6.18 Å². The first-order valence-corrected chi connectivity index (χ1v) is 6.60. The van der Waals surface area contributed by atoms with Crippen molar-refractivity contribution in [2.24, 2.45) is 5.92 Å². The summed E-state index contributed by atoms with van der Waals surface area (Å²) in [7, 11) is 0. The SMILES string of the molecule is O=C(COc1ccc(CO)cc1C(F)(F)F)NCC1CC1. The van der Waals surface area contributed by atoms with Crippen LogP contribution in [0.4, 0.5) is 13.2 Å². The Morgan fingerprint density at radius 2 is 2.10 bits per heavy atom. The minimum Gasteiger partial charge on any atom is -0.483 e. The Hall–Kier alpha value is -1.76. The van der Waals surface area contributed by atoms with Crippen molar-refractivity contribution >= 4 is 5.91 Å². The predicted molar refractivity (Wildman–Crippen MR) is 68.6 cm³/mol. The van der Waals surface area contributed by atoms with E-state index in [9.17, 15) is 18.0 Å². The molecule has 21 heavy (non-hydrogen) atoms. The Balaban J connectivity index is 1.99. The average molecular weight is 303 g/mol. The molecule has 0 aromatic heterocycles. The Kier molecular flexibility index (Phi) is 4.72. The second kappa shape index (κ2) is 6.34. The first-order valence-electron chi connectivity index (χ1n) is 6.60. The fourth-order valence-electron chi connectivity index (χ4n) is 1.80. The Morgan fingerprint density at radius 1 is 1.38 bits per heavy atom. The molecule has 0 spiro atoms. The zero-order valence-corrected chi connectivity index (χ0v) is 11.2. The minimum atomic E-state index is -4.61. The summed E-state index contributed by atoms with van der Waals surface area (Å²) in [5, 5.41) is 11.5. The van der Waals surface area contributed by atoms with Gasteiger partial charge in [0.1, 0.15) is 5.75 Å². The van der Waals surface area contributed by atoms with Crippen LogP contribution in [0, 0.1) is 5.92 Å². The van der Waals surface area contributed by atoms with Crippen LogP contribution in [0.5, 0.6) is 5.75 Å². The van der Waals surface area contributed by atoms with Gasteiger partial charge in [0, 0.05) is 6.54 Å². The minimum absolute atomic E-state index is 0.132. The third-order valence-electron chi connectivity index (χ3n) is 3.18. The second-order valence-electron chi connectivity index (χ2n) is 5.02. The van der Waals surface area contributed by atoms with Crippen LogP contribution in [-0.2, 0) is 17.6 Å². The molecule has 1 aromatic carbocycles. The number of benzene rings is 1. The molecule has 0 unspecified atom stereocenters. The summed E-state index contributed by atoms with van der Waals surface area (Å²) >= 11 is 0. The molecular formula is C14H16F3NO3. The Bertz CT molecular complexity index is 513. The maximum atomic E-state index is 12.9. The van der Waals surface area contributed by atoms with Crippen LogP contribution in [0.25, 0.3) is 0 Å². The number of carbonyl (C=O) groups is 1. The van der Waals surface area contributed by atoms with Crippen molar-refractivity contribution in [3.05, 3.63) is 29.3 Å². The first-order chi connectivity index (χ1) is 9.90. The van der Waals surface area contributed by atoms with Crippen LogP contribution in [0.1, 0.15) is 24.0 Å².